The molecule has 6 heteroatoms. The largest absolute Gasteiger partial charge is 0.396 e. The maximum atomic E-state index is 13.1. The molecule has 0 saturated carbocycles. The third-order valence-corrected chi connectivity index (χ3v) is 5.75. The van der Waals surface area contributed by atoms with Crippen molar-refractivity contribution in [2.24, 2.45) is 5.41 Å². The van der Waals surface area contributed by atoms with Crippen molar-refractivity contribution in [3.8, 4) is 11.3 Å². The summed E-state index contributed by atoms with van der Waals surface area (Å²) in [6, 6.07) is 6.32. The van der Waals surface area contributed by atoms with E-state index in [1.807, 2.05) is 5.38 Å². The molecule has 0 bridgehead atoms. The van der Waals surface area contributed by atoms with E-state index < -0.39 is 11.5 Å². The van der Waals surface area contributed by atoms with Gasteiger partial charge in [-0.2, -0.15) is 0 Å². The maximum Gasteiger partial charge on any atom is 0.185 e. The van der Waals surface area contributed by atoms with Crippen LogP contribution < -0.4 is 4.90 Å². The van der Waals surface area contributed by atoms with E-state index in [4.69, 9.17) is 0 Å². The predicted octanol–water partition coefficient (Wildman–Crippen LogP) is 3.30. The molecule has 0 amide bonds. The van der Waals surface area contributed by atoms with Crippen molar-refractivity contribution >= 4 is 16.5 Å². The molecule has 0 aliphatic carbocycles. The Hall–Kier alpha value is -1.50. The fourth-order valence-electron chi connectivity index (χ4n) is 3.45. The lowest BCUT2D eigenvalue weighted by atomic mass is 9.75. The smallest absolute Gasteiger partial charge is 0.185 e. The zero-order valence-corrected chi connectivity index (χ0v) is 14.6. The number of rotatable bonds is 5. The van der Waals surface area contributed by atoms with Crippen LogP contribution in [-0.4, -0.2) is 41.0 Å². The SMILES string of the molecule is CCC[C@@]1(CO)CN(c2nc(-c3ccc(F)cc3)cs2)CC[C@@H]1O. The molecule has 4 nitrogen and oxygen atoms in total. The molecule has 0 radical (unpaired) electrons. The lowest BCUT2D eigenvalue weighted by Gasteiger charge is -2.45. The van der Waals surface area contributed by atoms with Gasteiger partial charge in [-0.15, -0.1) is 11.3 Å². The van der Waals surface area contributed by atoms with E-state index in [1.54, 1.807) is 23.5 Å². The van der Waals surface area contributed by atoms with E-state index in [0.717, 1.165) is 35.8 Å². The molecule has 0 unspecified atom stereocenters. The monoisotopic (exact) mass is 350 g/mol. The molecular weight excluding hydrogens is 327 g/mol. The highest BCUT2D eigenvalue weighted by Gasteiger charge is 2.42. The minimum Gasteiger partial charge on any atom is -0.396 e. The molecule has 2 heterocycles. The molecule has 2 atom stereocenters. The topological polar surface area (TPSA) is 56.6 Å². The van der Waals surface area contributed by atoms with Crippen LogP contribution in [0.25, 0.3) is 11.3 Å². The molecule has 1 fully saturated rings. The molecule has 0 spiro atoms. The van der Waals surface area contributed by atoms with Crippen LogP contribution in [0.4, 0.5) is 9.52 Å². The highest BCUT2D eigenvalue weighted by atomic mass is 32.1. The van der Waals surface area contributed by atoms with Gasteiger partial charge >= 0.3 is 0 Å². The van der Waals surface area contributed by atoms with Gasteiger partial charge in [-0.1, -0.05) is 13.3 Å². The van der Waals surface area contributed by atoms with Crippen LogP contribution in [0.15, 0.2) is 29.6 Å². The molecule has 3 rings (SSSR count). The molecule has 1 saturated heterocycles. The number of halogens is 1. The Balaban J connectivity index is 1.81. The second-order valence-electron chi connectivity index (χ2n) is 6.52. The lowest BCUT2D eigenvalue weighted by molar-refractivity contribution is -0.0351. The number of aliphatic hydroxyl groups is 2. The molecule has 2 N–H and O–H groups in total. The van der Waals surface area contributed by atoms with Gasteiger partial charge < -0.3 is 15.1 Å². The van der Waals surface area contributed by atoms with Gasteiger partial charge in [0.05, 0.1) is 18.4 Å². The van der Waals surface area contributed by atoms with Crippen molar-refractivity contribution in [2.75, 3.05) is 24.6 Å². The summed E-state index contributed by atoms with van der Waals surface area (Å²) >= 11 is 1.54. The van der Waals surface area contributed by atoms with Gasteiger partial charge in [0.15, 0.2) is 5.13 Å². The lowest BCUT2D eigenvalue weighted by Crippen LogP contribution is -2.53. The van der Waals surface area contributed by atoms with E-state index in [1.165, 1.54) is 12.1 Å². The van der Waals surface area contributed by atoms with Crippen LogP contribution in [0.1, 0.15) is 26.2 Å². The van der Waals surface area contributed by atoms with Gasteiger partial charge in [0.2, 0.25) is 0 Å². The Kier molecular flexibility index (Phi) is 5.18. The highest BCUT2D eigenvalue weighted by molar-refractivity contribution is 7.14. The van der Waals surface area contributed by atoms with Crippen molar-refractivity contribution in [3.63, 3.8) is 0 Å². The second-order valence-corrected chi connectivity index (χ2v) is 7.36. The standard InChI is InChI=1S/C18H23FN2O2S/c1-2-8-18(12-22)11-21(9-7-16(18)23)17-20-15(10-24-17)13-3-5-14(19)6-4-13/h3-6,10,16,22-23H,2,7-9,11-12H2,1H3/t16-,18-/m0/s1. The number of nitrogens with zero attached hydrogens (tertiary/aromatic N) is 2. The number of hydrogen-bond donors (Lipinski definition) is 2. The predicted molar refractivity (Wildman–Crippen MR) is 94.8 cm³/mol. The number of hydrogen-bond acceptors (Lipinski definition) is 5. The highest BCUT2D eigenvalue weighted by Crippen LogP contribution is 2.38. The van der Waals surface area contributed by atoms with Crippen LogP contribution in [-0.2, 0) is 0 Å². The second kappa shape index (κ2) is 7.17. The number of benzene rings is 1. The minimum absolute atomic E-state index is 0.0191. The van der Waals surface area contributed by atoms with E-state index in [2.05, 4.69) is 16.8 Å². The Morgan fingerprint density at radius 3 is 2.79 bits per heavy atom. The van der Waals surface area contributed by atoms with Crippen LogP contribution in [0, 0.1) is 11.2 Å². The summed E-state index contributed by atoms with van der Waals surface area (Å²) in [6.45, 7) is 3.38. The number of piperidine rings is 1. The van der Waals surface area contributed by atoms with Gasteiger partial charge in [0, 0.05) is 29.4 Å². The molecule has 24 heavy (non-hydrogen) atoms. The molecule has 1 aliphatic rings. The first kappa shape index (κ1) is 17.3. The van der Waals surface area contributed by atoms with Crippen LogP contribution in [0.5, 0.6) is 0 Å². The quantitative estimate of drug-likeness (QED) is 0.869. The summed E-state index contributed by atoms with van der Waals surface area (Å²) in [5.41, 5.74) is 1.23. The maximum absolute atomic E-state index is 13.1. The summed E-state index contributed by atoms with van der Waals surface area (Å²) in [5, 5.41) is 23.1. The van der Waals surface area contributed by atoms with Gasteiger partial charge in [0.25, 0.3) is 0 Å². The number of aromatic nitrogens is 1. The number of aliphatic hydroxyl groups excluding tert-OH is 2. The van der Waals surface area contributed by atoms with Crippen molar-refractivity contribution in [1.29, 1.82) is 0 Å². The van der Waals surface area contributed by atoms with Crippen LogP contribution >= 0.6 is 11.3 Å². The third kappa shape index (κ3) is 3.31. The van der Waals surface area contributed by atoms with Crippen molar-refractivity contribution in [1.82, 2.24) is 4.98 Å². The summed E-state index contributed by atoms with van der Waals surface area (Å²) in [4.78, 5) is 6.83. The average Bonchev–Trinajstić information content (AvgIpc) is 3.08. The Morgan fingerprint density at radius 2 is 2.12 bits per heavy atom. The molecule has 130 valence electrons. The van der Waals surface area contributed by atoms with Gasteiger partial charge in [-0.05, 0) is 37.1 Å². The fraction of sp³-hybridized carbons (Fsp3) is 0.500. The van der Waals surface area contributed by atoms with E-state index in [0.29, 0.717) is 13.0 Å². The Labute approximate surface area is 145 Å². The zero-order valence-electron chi connectivity index (χ0n) is 13.8. The molecule has 1 aliphatic heterocycles. The van der Waals surface area contributed by atoms with Gasteiger partial charge in [-0.25, -0.2) is 9.37 Å². The van der Waals surface area contributed by atoms with Crippen LogP contribution in [0.2, 0.25) is 0 Å². The molecule has 1 aromatic heterocycles. The molecule has 2 aromatic rings. The first-order valence-corrected chi connectivity index (χ1v) is 9.21. The Morgan fingerprint density at radius 1 is 1.38 bits per heavy atom. The molecule has 1 aromatic carbocycles. The summed E-state index contributed by atoms with van der Waals surface area (Å²) in [7, 11) is 0. The zero-order chi connectivity index (χ0) is 17.2. The Bertz CT molecular complexity index is 676. The van der Waals surface area contributed by atoms with Crippen molar-refractivity contribution in [2.45, 2.75) is 32.3 Å². The van der Waals surface area contributed by atoms with Gasteiger partial charge in [0.1, 0.15) is 5.82 Å². The summed E-state index contributed by atoms with van der Waals surface area (Å²) in [5.74, 6) is -0.258. The first-order chi connectivity index (χ1) is 11.6. The van der Waals surface area contributed by atoms with Gasteiger partial charge in [-0.3, -0.25) is 0 Å². The van der Waals surface area contributed by atoms with Crippen molar-refractivity contribution < 1.29 is 14.6 Å². The fourth-order valence-corrected chi connectivity index (χ4v) is 4.31. The average molecular weight is 350 g/mol. The normalized spacial score (nSPS) is 24.3. The third-order valence-electron chi connectivity index (χ3n) is 4.85. The number of thiazole rings is 1. The van der Waals surface area contributed by atoms with E-state index in [9.17, 15) is 14.6 Å². The van der Waals surface area contributed by atoms with E-state index >= 15 is 0 Å². The van der Waals surface area contributed by atoms with Crippen LogP contribution in [0.3, 0.4) is 0 Å². The number of anilines is 1. The van der Waals surface area contributed by atoms with Crippen molar-refractivity contribution in [3.05, 3.63) is 35.5 Å². The first-order valence-electron chi connectivity index (χ1n) is 8.33. The minimum atomic E-state index is -0.477. The summed E-state index contributed by atoms with van der Waals surface area (Å²) < 4.78 is 13.1. The van der Waals surface area contributed by atoms with E-state index in [-0.39, 0.29) is 12.4 Å². The summed E-state index contributed by atoms with van der Waals surface area (Å²) in [6.07, 6.45) is 1.86. The molecular formula is C18H23FN2O2S.